The van der Waals surface area contributed by atoms with Crippen LogP contribution < -0.4 is 10.6 Å². The topological polar surface area (TPSA) is 88.5 Å². The Kier molecular flexibility index (Phi) is 5.53. The van der Waals surface area contributed by atoms with E-state index in [1.807, 2.05) is 12.1 Å². The molecular formula is C20H15ClFN7. The molecule has 4 aromatic rings. The summed E-state index contributed by atoms with van der Waals surface area (Å²) in [5.41, 5.74) is 3.10. The summed E-state index contributed by atoms with van der Waals surface area (Å²) in [6.07, 6.45) is 10.0. The number of benzene rings is 1. The Hall–Kier alpha value is -3.65. The van der Waals surface area contributed by atoms with Gasteiger partial charge in [-0.3, -0.25) is 4.98 Å². The summed E-state index contributed by atoms with van der Waals surface area (Å²) in [5, 5.41) is 6.35. The average molecular weight is 408 g/mol. The van der Waals surface area contributed by atoms with Gasteiger partial charge in [0.1, 0.15) is 18.0 Å². The Balaban J connectivity index is 1.64. The molecule has 0 aliphatic heterocycles. The van der Waals surface area contributed by atoms with Crippen molar-refractivity contribution in [2.75, 3.05) is 10.6 Å². The lowest BCUT2D eigenvalue weighted by molar-refractivity contribution is 0.628. The van der Waals surface area contributed by atoms with E-state index in [2.05, 4.69) is 35.6 Å². The fourth-order valence-corrected chi connectivity index (χ4v) is 2.80. The molecule has 0 radical (unpaired) electrons. The van der Waals surface area contributed by atoms with Crippen LogP contribution in [0.4, 0.5) is 21.8 Å². The smallest absolute Gasteiger partial charge is 0.229 e. The first kappa shape index (κ1) is 18.7. The second kappa shape index (κ2) is 8.57. The van der Waals surface area contributed by atoms with Gasteiger partial charge in [-0.2, -0.15) is 4.98 Å². The normalized spacial score (nSPS) is 10.6. The van der Waals surface area contributed by atoms with Crippen molar-refractivity contribution >= 4 is 29.1 Å². The summed E-state index contributed by atoms with van der Waals surface area (Å²) in [7, 11) is 0. The summed E-state index contributed by atoms with van der Waals surface area (Å²) in [4.78, 5) is 21.2. The van der Waals surface area contributed by atoms with Crippen molar-refractivity contribution in [3.05, 3.63) is 84.0 Å². The Labute approximate surface area is 171 Å². The summed E-state index contributed by atoms with van der Waals surface area (Å²) in [6, 6.07) is 8.15. The van der Waals surface area contributed by atoms with Crippen LogP contribution in [0.2, 0.25) is 5.02 Å². The average Bonchev–Trinajstić information content (AvgIpc) is 2.76. The zero-order chi connectivity index (χ0) is 20.1. The second-order valence-electron chi connectivity index (χ2n) is 6.05. The minimum absolute atomic E-state index is 0.0166. The van der Waals surface area contributed by atoms with Crippen molar-refractivity contribution in [2.45, 2.75) is 6.54 Å². The van der Waals surface area contributed by atoms with E-state index in [1.54, 1.807) is 37.1 Å². The summed E-state index contributed by atoms with van der Waals surface area (Å²) >= 11 is 5.85. The fraction of sp³-hybridized carbons (Fsp3) is 0.0500. The van der Waals surface area contributed by atoms with E-state index in [1.165, 1.54) is 18.5 Å². The van der Waals surface area contributed by atoms with Crippen molar-refractivity contribution in [1.29, 1.82) is 0 Å². The van der Waals surface area contributed by atoms with Crippen LogP contribution in [0.5, 0.6) is 0 Å². The second-order valence-corrected chi connectivity index (χ2v) is 6.46. The van der Waals surface area contributed by atoms with Gasteiger partial charge in [0.05, 0.1) is 5.02 Å². The maximum Gasteiger partial charge on any atom is 0.229 e. The molecule has 0 atom stereocenters. The van der Waals surface area contributed by atoms with Crippen LogP contribution >= 0.6 is 11.6 Å². The van der Waals surface area contributed by atoms with Gasteiger partial charge in [0.15, 0.2) is 0 Å². The Morgan fingerprint density at radius 2 is 1.86 bits per heavy atom. The van der Waals surface area contributed by atoms with Crippen molar-refractivity contribution in [2.24, 2.45) is 0 Å². The van der Waals surface area contributed by atoms with Gasteiger partial charge in [-0.1, -0.05) is 17.7 Å². The first-order chi connectivity index (χ1) is 14.2. The molecular weight excluding hydrogens is 393 g/mol. The molecule has 0 fully saturated rings. The SMILES string of the molecule is Fc1ccc(Nc2ncc(-c3cncnc3)c(NCc3cccnc3)n2)cc1Cl. The maximum atomic E-state index is 13.4. The monoisotopic (exact) mass is 407 g/mol. The fourth-order valence-electron chi connectivity index (χ4n) is 2.62. The van der Waals surface area contributed by atoms with Crippen molar-refractivity contribution in [1.82, 2.24) is 24.9 Å². The number of hydrogen-bond donors (Lipinski definition) is 2. The molecule has 3 aromatic heterocycles. The number of nitrogens with one attached hydrogen (secondary N) is 2. The summed E-state index contributed by atoms with van der Waals surface area (Å²) in [5.74, 6) is 0.438. The standard InChI is InChI=1S/C20H15ClFN7/c21-17-6-15(3-4-18(17)22)28-20-27-11-16(14-9-24-12-25-10-14)19(29-20)26-8-13-2-1-5-23-7-13/h1-7,9-12H,8H2,(H2,26,27,28,29). The number of nitrogens with zero attached hydrogens (tertiary/aromatic N) is 5. The predicted octanol–water partition coefficient (Wildman–Crippen LogP) is 4.48. The Morgan fingerprint density at radius 1 is 1.00 bits per heavy atom. The molecule has 0 unspecified atom stereocenters. The zero-order valence-electron chi connectivity index (χ0n) is 15.0. The lowest BCUT2D eigenvalue weighted by Crippen LogP contribution is -2.07. The van der Waals surface area contributed by atoms with Gasteiger partial charge in [0, 0.05) is 54.3 Å². The van der Waals surface area contributed by atoms with Crippen LogP contribution in [0.15, 0.2) is 67.6 Å². The van der Waals surface area contributed by atoms with Gasteiger partial charge in [0.25, 0.3) is 0 Å². The number of rotatable bonds is 6. The lowest BCUT2D eigenvalue weighted by Gasteiger charge is -2.13. The highest BCUT2D eigenvalue weighted by molar-refractivity contribution is 6.31. The molecule has 0 amide bonds. The molecule has 2 N–H and O–H groups in total. The third kappa shape index (κ3) is 4.61. The molecule has 0 aliphatic carbocycles. The number of halogens is 2. The molecule has 0 saturated heterocycles. The molecule has 7 nitrogen and oxygen atoms in total. The van der Waals surface area contributed by atoms with Crippen molar-refractivity contribution < 1.29 is 4.39 Å². The third-order valence-electron chi connectivity index (χ3n) is 4.02. The van der Waals surface area contributed by atoms with Gasteiger partial charge in [-0.15, -0.1) is 0 Å². The first-order valence-corrected chi connectivity index (χ1v) is 9.04. The molecule has 29 heavy (non-hydrogen) atoms. The molecule has 4 rings (SSSR count). The highest BCUT2D eigenvalue weighted by Crippen LogP contribution is 2.27. The predicted molar refractivity (Wildman–Crippen MR) is 109 cm³/mol. The summed E-state index contributed by atoms with van der Waals surface area (Å²) in [6.45, 7) is 0.521. The highest BCUT2D eigenvalue weighted by Gasteiger charge is 2.11. The van der Waals surface area contributed by atoms with Crippen LogP contribution in [0.1, 0.15) is 5.56 Å². The minimum atomic E-state index is -0.489. The quantitative estimate of drug-likeness (QED) is 0.487. The first-order valence-electron chi connectivity index (χ1n) is 8.66. The van der Waals surface area contributed by atoms with Crippen molar-refractivity contribution in [3.63, 3.8) is 0 Å². The molecule has 1 aromatic carbocycles. The van der Waals surface area contributed by atoms with E-state index in [-0.39, 0.29) is 5.02 Å². The molecule has 3 heterocycles. The van der Waals surface area contributed by atoms with Crippen molar-refractivity contribution in [3.8, 4) is 11.1 Å². The van der Waals surface area contributed by atoms with Crippen LogP contribution in [0.25, 0.3) is 11.1 Å². The van der Waals surface area contributed by atoms with Gasteiger partial charge >= 0.3 is 0 Å². The van der Waals surface area contributed by atoms with Gasteiger partial charge in [0.2, 0.25) is 5.95 Å². The Bertz CT molecular complexity index is 1110. The highest BCUT2D eigenvalue weighted by atomic mass is 35.5. The maximum absolute atomic E-state index is 13.4. The molecule has 9 heteroatoms. The van der Waals surface area contributed by atoms with Gasteiger partial charge < -0.3 is 10.6 Å². The number of anilines is 3. The zero-order valence-corrected chi connectivity index (χ0v) is 15.8. The van der Waals surface area contributed by atoms with E-state index in [9.17, 15) is 4.39 Å². The number of aromatic nitrogens is 5. The largest absolute Gasteiger partial charge is 0.365 e. The molecule has 0 saturated carbocycles. The Morgan fingerprint density at radius 3 is 2.62 bits per heavy atom. The third-order valence-corrected chi connectivity index (χ3v) is 4.31. The molecule has 0 aliphatic rings. The van der Waals surface area contributed by atoms with E-state index in [0.29, 0.717) is 24.0 Å². The van der Waals surface area contributed by atoms with E-state index in [0.717, 1.165) is 16.7 Å². The van der Waals surface area contributed by atoms with Crippen LogP contribution in [0.3, 0.4) is 0 Å². The van der Waals surface area contributed by atoms with Crippen LogP contribution in [-0.4, -0.2) is 24.9 Å². The molecule has 0 bridgehead atoms. The number of pyridine rings is 1. The molecule has 0 spiro atoms. The minimum Gasteiger partial charge on any atom is -0.365 e. The number of hydrogen-bond acceptors (Lipinski definition) is 7. The van der Waals surface area contributed by atoms with Crippen LogP contribution in [0, 0.1) is 5.82 Å². The van der Waals surface area contributed by atoms with E-state index in [4.69, 9.17) is 11.6 Å². The van der Waals surface area contributed by atoms with Gasteiger partial charge in [-0.25, -0.2) is 19.3 Å². The van der Waals surface area contributed by atoms with E-state index < -0.39 is 5.82 Å². The molecule has 144 valence electrons. The lowest BCUT2D eigenvalue weighted by atomic mass is 10.1. The van der Waals surface area contributed by atoms with Crippen LogP contribution in [-0.2, 0) is 6.54 Å². The van der Waals surface area contributed by atoms with E-state index >= 15 is 0 Å². The van der Waals surface area contributed by atoms with Gasteiger partial charge in [-0.05, 0) is 29.8 Å². The summed E-state index contributed by atoms with van der Waals surface area (Å²) < 4.78 is 13.4.